The van der Waals surface area contributed by atoms with E-state index in [2.05, 4.69) is 0 Å². The van der Waals surface area contributed by atoms with E-state index in [0.29, 0.717) is 5.69 Å². The molecule has 0 aliphatic heterocycles. The van der Waals surface area contributed by atoms with Crippen LogP contribution in [-0.4, -0.2) is 17.6 Å². The van der Waals surface area contributed by atoms with Gasteiger partial charge in [-0.05, 0) is 18.6 Å². The van der Waals surface area contributed by atoms with Crippen LogP contribution in [0.1, 0.15) is 16.1 Å². The highest BCUT2D eigenvalue weighted by Gasteiger charge is 2.17. The van der Waals surface area contributed by atoms with Gasteiger partial charge in [0.05, 0.1) is 12.6 Å². The molecule has 16 heavy (non-hydrogen) atoms. The summed E-state index contributed by atoms with van der Waals surface area (Å²) in [6.07, 6.45) is 0. The molecule has 1 aromatic heterocycles. The van der Waals surface area contributed by atoms with Crippen molar-refractivity contribution in [3.8, 4) is 5.75 Å². The van der Waals surface area contributed by atoms with Crippen molar-refractivity contribution in [3.63, 3.8) is 0 Å². The molecule has 4 nitrogen and oxygen atoms in total. The Morgan fingerprint density at radius 2 is 2.12 bits per heavy atom. The number of fused-ring (bicyclic) bond motifs is 1. The van der Waals surface area contributed by atoms with Crippen LogP contribution >= 0.6 is 0 Å². The van der Waals surface area contributed by atoms with Crippen LogP contribution in [0.2, 0.25) is 0 Å². The molecule has 0 unspecified atom stereocenters. The fourth-order valence-corrected chi connectivity index (χ4v) is 2.18. The highest BCUT2D eigenvalue weighted by Crippen LogP contribution is 2.31. The van der Waals surface area contributed by atoms with Gasteiger partial charge in [-0.3, -0.25) is 4.79 Å². The first-order valence-electron chi connectivity index (χ1n) is 4.99. The number of para-hydroxylation sites is 1. The van der Waals surface area contributed by atoms with Crippen LogP contribution in [-0.2, 0) is 7.05 Å². The molecule has 1 amide bonds. The van der Waals surface area contributed by atoms with E-state index in [0.717, 1.165) is 22.2 Å². The van der Waals surface area contributed by atoms with Crippen molar-refractivity contribution in [1.29, 1.82) is 0 Å². The van der Waals surface area contributed by atoms with Gasteiger partial charge >= 0.3 is 0 Å². The molecule has 0 aliphatic rings. The Hall–Kier alpha value is -1.97. The Morgan fingerprint density at radius 3 is 2.69 bits per heavy atom. The van der Waals surface area contributed by atoms with E-state index in [1.807, 2.05) is 32.2 Å². The number of ether oxygens (including phenoxy) is 1. The number of primary amides is 1. The van der Waals surface area contributed by atoms with Gasteiger partial charge in [-0.2, -0.15) is 0 Å². The Kier molecular flexibility index (Phi) is 2.34. The van der Waals surface area contributed by atoms with Crippen molar-refractivity contribution in [3.05, 3.63) is 29.5 Å². The summed E-state index contributed by atoms with van der Waals surface area (Å²) >= 11 is 0. The smallest absolute Gasteiger partial charge is 0.265 e. The molecule has 1 heterocycles. The summed E-state index contributed by atoms with van der Waals surface area (Å²) in [5.74, 6) is 0.328. The minimum absolute atomic E-state index is 0.418. The zero-order valence-electron chi connectivity index (χ0n) is 9.57. The number of nitrogens with zero attached hydrogens (tertiary/aromatic N) is 1. The summed E-state index contributed by atoms with van der Waals surface area (Å²) in [6.45, 7) is 1.89. The van der Waals surface area contributed by atoms with E-state index in [1.54, 1.807) is 11.7 Å². The summed E-state index contributed by atoms with van der Waals surface area (Å²) in [6, 6.07) is 5.73. The lowest BCUT2D eigenvalue weighted by Crippen LogP contribution is -2.16. The van der Waals surface area contributed by atoms with Crippen LogP contribution in [0.5, 0.6) is 5.75 Å². The highest BCUT2D eigenvalue weighted by atomic mass is 16.5. The maximum absolute atomic E-state index is 11.4. The number of nitrogens with two attached hydrogens (primary N) is 1. The number of carbonyl (C=O) groups is 1. The van der Waals surface area contributed by atoms with Crippen molar-refractivity contribution in [2.75, 3.05) is 7.11 Å². The van der Waals surface area contributed by atoms with Gasteiger partial charge in [-0.15, -0.1) is 0 Å². The van der Waals surface area contributed by atoms with Crippen LogP contribution < -0.4 is 10.5 Å². The number of carbonyl (C=O) groups excluding carboxylic acids is 1. The zero-order valence-corrected chi connectivity index (χ0v) is 9.57. The maximum atomic E-state index is 11.4. The van der Waals surface area contributed by atoms with Gasteiger partial charge in [0.15, 0.2) is 0 Å². The number of hydrogen-bond acceptors (Lipinski definition) is 2. The molecule has 0 spiro atoms. The Labute approximate surface area is 93.6 Å². The molecule has 4 heteroatoms. The average Bonchev–Trinajstić information content (AvgIpc) is 2.51. The number of methoxy groups -OCH3 is 1. The van der Waals surface area contributed by atoms with Gasteiger partial charge in [-0.25, -0.2) is 0 Å². The van der Waals surface area contributed by atoms with Crippen molar-refractivity contribution >= 4 is 16.8 Å². The quantitative estimate of drug-likeness (QED) is 0.832. The second-order valence-electron chi connectivity index (χ2n) is 3.75. The van der Waals surface area contributed by atoms with E-state index in [1.165, 1.54) is 0 Å². The summed E-state index contributed by atoms with van der Waals surface area (Å²) in [4.78, 5) is 11.4. The fourth-order valence-electron chi connectivity index (χ4n) is 2.18. The third-order valence-corrected chi connectivity index (χ3v) is 2.88. The van der Waals surface area contributed by atoms with E-state index in [9.17, 15) is 4.79 Å². The molecule has 84 valence electrons. The van der Waals surface area contributed by atoms with Crippen molar-refractivity contribution in [1.82, 2.24) is 4.57 Å². The first-order chi connectivity index (χ1) is 7.57. The molecular weight excluding hydrogens is 204 g/mol. The standard InChI is InChI=1S/C12H14N2O2/c1-7-8-5-4-6-9(16-3)11(8)14(2)10(7)12(13)15/h4-6H,1-3H3,(H2,13,15). The molecular formula is C12H14N2O2. The van der Waals surface area contributed by atoms with E-state index >= 15 is 0 Å². The average molecular weight is 218 g/mol. The number of benzene rings is 1. The maximum Gasteiger partial charge on any atom is 0.265 e. The topological polar surface area (TPSA) is 57.2 Å². The van der Waals surface area contributed by atoms with Crippen molar-refractivity contribution in [2.24, 2.45) is 12.8 Å². The molecule has 0 atom stereocenters. The molecule has 0 radical (unpaired) electrons. The summed E-state index contributed by atoms with van der Waals surface area (Å²) in [5, 5.41) is 0.996. The molecule has 0 aliphatic carbocycles. The molecule has 2 rings (SSSR count). The molecule has 0 saturated heterocycles. The monoisotopic (exact) mass is 218 g/mol. The normalized spacial score (nSPS) is 10.7. The van der Waals surface area contributed by atoms with Gasteiger partial charge in [0, 0.05) is 12.4 Å². The number of amides is 1. The molecule has 2 aromatic rings. The lowest BCUT2D eigenvalue weighted by molar-refractivity contribution is 0.0992. The Bertz CT molecular complexity index is 570. The first kappa shape index (κ1) is 10.5. The predicted octanol–water partition coefficient (Wildman–Crippen LogP) is 1.59. The number of aromatic nitrogens is 1. The van der Waals surface area contributed by atoms with Gasteiger partial charge in [0.2, 0.25) is 0 Å². The highest BCUT2D eigenvalue weighted by molar-refractivity contribution is 6.02. The third-order valence-electron chi connectivity index (χ3n) is 2.88. The van der Waals surface area contributed by atoms with E-state index in [-0.39, 0.29) is 0 Å². The van der Waals surface area contributed by atoms with Gasteiger partial charge in [-0.1, -0.05) is 12.1 Å². The second-order valence-corrected chi connectivity index (χ2v) is 3.75. The minimum Gasteiger partial charge on any atom is -0.495 e. The molecule has 0 bridgehead atoms. The van der Waals surface area contributed by atoms with Gasteiger partial charge < -0.3 is 15.0 Å². The van der Waals surface area contributed by atoms with Crippen molar-refractivity contribution < 1.29 is 9.53 Å². The SMILES string of the molecule is COc1cccc2c(C)c(C(N)=O)n(C)c12. The summed E-state index contributed by atoms with van der Waals surface area (Å²) in [7, 11) is 3.43. The van der Waals surface area contributed by atoms with Crippen LogP contribution in [0.3, 0.4) is 0 Å². The fraction of sp³-hybridized carbons (Fsp3) is 0.250. The van der Waals surface area contributed by atoms with Gasteiger partial charge in [0.1, 0.15) is 11.4 Å². The summed E-state index contributed by atoms with van der Waals surface area (Å²) < 4.78 is 7.07. The largest absolute Gasteiger partial charge is 0.495 e. The van der Waals surface area contributed by atoms with Crippen LogP contribution in [0, 0.1) is 6.92 Å². The molecule has 0 saturated carbocycles. The third kappa shape index (κ3) is 1.26. The molecule has 1 aromatic carbocycles. The zero-order chi connectivity index (χ0) is 11.9. The Morgan fingerprint density at radius 1 is 1.44 bits per heavy atom. The summed E-state index contributed by atoms with van der Waals surface area (Å²) in [5.41, 5.74) is 7.69. The number of aryl methyl sites for hydroxylation is 2. The number of rotatable bonds is 2. The lowest BCUT2D eigenvalue weighted by atomic mass is 10.1. The molecule has 2 N–H and O–H groups in total. The van der Waals surface area contributed by atoms with E-state index in [4.69, 9.17) is 10.5 Å². The van der Waals surface area contributed by atoms with Crippen LogP contribution in [0.15, 0.2) is 18.2 Å². The molecule has 0 fully saturated rings. The lowest BCUT2D eigenvalue weighted by Gasteiger charge is -2.05. The van der Waals surface area contributed by atoms with Gasteiger partial charge in [0.25, 0.3) is 5.91 Å². The van der Waals surface area contributed by atoms with Crippen LogP contribution in [0.4, 0.5) is 0 Å². The second kappa shape index (κ2) is 3.56. The van der Waals surface area contributed by atoms with Crippen LogP contribution in [0.25, 0.3) is 10.9 Å². The van der Waals surface area contributed by atoms with Crippen molar-refractivity contribution in [2.45, 2.75) is 6.92 Å². The predicted molar refractivity (Wildman–Crippen MR) is 62.7 cm³/mol. The first-order valence-corrected chi connectivity index (χ1v) is 4.99. The Balaban J connectivity index is 2.93. The number of hydrogen-bond donors (Lipinski definition) is 1. The van der Waals surface area contributed by atoms with E-state index < -0.39 is 5.91 Å². The minimum atomic E-state index is -0.418.